The maximum absolute atomic E-state index is 13.5. The zero-order valence-electron chi connectivity index (χ0n) is 23.1. The topological polar surface area (TPSA) is 126 Å². The van der Waals surface area contributed by atoms with Crippen molar-refractivity contribution < 1.29 is 28.3 Å². The second kappa shape index (κ2) is 15.9. The Morgan fingerprint density at radius 3 is 2.07 bits per heavy atom. The summed E-state index contributed by atoms with van der Waals surface area (Å²) in [6.07, 6.45) is 3.61. The predicted octanol–water partition coefficient (Wildman–Crippen LogP) is 3.52. The van der Waals surface area contributed by atoms with Crippen LogP contribution in [0.3, 0.4) is 0 Å². The summed E-state index contributed by atoms with van der Waals surface area (Å²) in [5.74, 6) is -1.55. The van der Waals surface area contributed by atoms with Gasteiger partial charge in [0, 0.05) is 18.8 Å². The first-order valence-electron chi connectivity index (χ1n) is 13.4. The lowest BCUT2D eigenvalue weighted by Gasteiger charge is -2.25. The molecular weight excluding hydrogens is 527 g/mol. The minimum Gasteiger partial charge on any atom is -0.445 e. The molecule has 1 heterocycles. The van der Waals surface area contributed by atoms with Gasteiger partial charge in [-0.25, -0.2) is 9.18 Å². The molecule has 2 aromatic carbocycles. The molecule has 1 aromatic heterocycles. The number of amides is 3. The number of nitrogens with one attached hydrogen (secondary N) is 3. The van der Waals surface area contributed by atoms with Crippen LogP contribution in [0.25, 0.3) is 0 Å². The van der Waals surface area contributed by atoms with Crippen LogP contribution in [-0.2, 0) is 38.6 Å². The van der Waals surface area contributed by atoms with E-state index in [1.54, 1.807) is 36.7 Å². The van der Waals surface area contributed by atoms with E-state index in [4.69, 9.17) is 4.74 Å². The third-order valence-electron chi connectivity index (χ3n) is 6.21. The maximum atomic E-state index is 13.5. The van der Waals surface area contributed by atoms with Crippen molar-refractivity contribution in [2.45, 2.75) is 57.8 Å². The summed E-state index contributed by atoms with van der Waals surface area (Å²) < 4.78 is 18.8. The zero-order chi connectivity index (χ0) is 29.6. The van der Waals surface area contributed by atoms with Crippen LogP contribution in [0.2, 0.25) is 0 Å². The lowest BCUT2D eigenvalue weighted by atomic mass is 10.0. The Labute approximate surface area is 238 Å². The molecule has 3 amide bonds. The molecule has 0 aliphatic heterocycles. The molecule has 9 nitrogen and oxygen atoms in total. The van der Waals surface area contributed by atoms with Crippen LogP contribution >= 0.6 is 0 Å². The Morgan fingerprint density at radius 1 is 0.805 bits per heavy atom. The second-order valence-corrected chi connectivity index (χ2v) is 10.1. The van der Waals surface area contributed by atoms with Crippen molar-refractivity contribution in [2.24, 2.45) is 5.92 Å². The monoisotopic (exact) mass is 562 g/mol. The molecule has 3 aromatic rings. The van der Waals surface area contributed by atoms with E-state index in [-0.39, 0.29) is 25.4 Å². The van der Waals surface area contributed by atoms with Crippen LogP contribution in [0.5, 0.6) is 0 Å². The van der Waals surface area contributed by atoms with E-state index < -0.39 is 41.9 Å². The fourth-order valence-electron chi connectivity index (χ4n) is 4.14. The van der Waals surface area contributed by atoms with Crippen molar-refractivity contribution in [3.8, 4) is 0 Å². The number of hydrogen-bond donors (Lipinski definition) is 3. The minimum atomic E-state index is -1.12. The SMILES string of the molecule is CC(C)C[C@H](NC(=O)[C@H](Cc1ccc(F)cc1)NC(=O)OCc1ccccc1)C(=O)NC(C=O)Cc1ccncc1. The highest BCUT2D eigenvalue weighted by atomic mass is 19.1. The number of carbonyl (C=O) groups is 4. The summed E-state index contributed by atoms with van der Waals surface area (Å²) in [5, 5.41) is 8.01. The molecule has 1 unspecified atom stereocenters. The van der Waals surface area contributed by atoms with Gasteiger partial charge in [0.15, 0.2) is 0 Å². The second-order valence-electron chi connectivity index (χ2n) is 10.1. The van der Waals surface area contributed by atoms with E-state index in [1.165, 1.54) is 24.3 Å². The highest BCUT2D eigenvalue weighted by Crippen LogP contribution is 2.11. The largest absolute Gasteiger partial charge is 0.445 e. The molecule has 0 radical (unpaired) electrons. The van der Waals surface area contributed by atoms with Gasteiger partial charge < -0.3 is 25.5 Å². The number of hydrogen-bond acceptors (Lipinski definition) is 6. The number of nitrogens with zero attached hydrogens (tertiary/aromatic N) is 1. The van der Waals surface area contributed by atoms with Crippen LogP contribution in [-0.4, -0.2) is 47.3 Å². The molecule has 41 heavy (non-hydrogen) atoms. The predicted molar refractivity (Wildman–Crippen MR) is 151 cm³/mol. The van der Waals surface area contributed by atoms with Crippen molar-refractivity contribution in [1.29, 1.82) is 0 Å². The highest BCUT2D eigenvalue weighted by molar-refractivity contribution is 5.92. The Balaban J connectivity index is 1.71. The van der Waals surface area contributed by atoms with Crippen molar-refractivity contribution in [3.63, 3.8) is 0 Å². The van der Waals surface area contributed by atoms with Gasteiger partial charge in [-0.2, -0.15) is 0 Å². The number of halogens is 1. The third kappa shape index (κ3) is 10.8. The summed E-state index contributed by atoms with van der Waals surface area (Å²) in [5.41, 5.74) is 2.19. The number of rotatable bonds is 14. The number of carbonyl (C=O) groups excluding carboxylic acids is 4. The van der Waals surface area contributed by atoms with E-state index in [9.17, 15) is 23.6 Å². The first-order chi connectivity index (χ1) is 19.7. The van der Waals surface area contributed by atoms with Crippen LogP contribution < -0.4 is 16.0 Å². The number of aldehydes is 1. The molecule has 0 fully saturated rings. The Hall–Kier alpha value is -4.60. The van der Waals surface area contributed by atoms with Crippen LogP contribution in [0, 0.1) is 11.7 Å². The maximum Gasteiger partial charge on any atom is 0.408 e. The first-order valence-corrected chi connectivity index (χ1v) is 13.4. The number of pyridine rings is 1. The molecular formula is C31H35FN4O5. The van der Waals surface area contributed by atoms with E-state index in [2.05, 4.69) is 20.9 Å². The minimum absolute atomic E-state index is 0.000497. The van der Waals surface area contributed by atoms with Gasteiger partial charge in [-0.15, -0.1) is 0 Å². The standard InChI is InChI=1S/C31H35FN4O5/c1-21(2)16-27(29(38)34-26(19-37)17-23-12-14-33-15-13-23)35-30(39)28(18-22-8-10-25(32)11-9-22)36-31(40)41-20-24-6-4-3-5-7-24/h3-15,19,21,26-28H,16-18,20H2,1-2H3,(H,34,38)(H,35,39)(H,36,40)/t26?,27-,28-/m0/s1. The number of benzene rings is 2. The fourth-order valence-corrected chi connectivity index (χ4v) is 4.14. The summed E-state index contributed by atoms with van der Waals surface area (Å²) in [7, 11) is 0. The molecule has 0 saturated carbocycles. The first kappa shape index (κ1) is 30.9. The van der Waals surface area contributed by atoms with Crippen LogP contribution in [0.15, 0.2) is 79.1 Å². The van der Waals surface area contributed by atoms with E-state index in [1.807, 2.05) is 32.0 Å². The van der Waals surface area contributed by atoms with Gasteiger partial charge in [-0.3, -0.25) is 14.6 Å². The Kier molecular flexibility index (Phi) is 12.0. The lowest BCUT2D eigenvalue weighted by Crippen LogP contribution is -2.56. The van der Waals surface area contributed by atoms with Crippen LogP contribution in [0.1, 0.15) is 37.0 Å². The van der Waals surface area contributed by atoms with Crippen molar-refractivity contribution in [1.82, 2.24) is 20.9 Å². The third-order valence-corrected chi connectivity index (χ3v) is 6.21. The molecule has 0 saturated heterocycles. The molecule has 216 valence electrons. The molecule has 0 aliphatic carbocycles. The smallest absolute Gasteiger partial charge is 0.408 e. The van der Waals surface area contributed by atoms with Crippen molar-refractivity contribution >= 4 is 24.2 Å². The summed E-state index contributed by atoms with van der Waals surface area (Å²) >= 11 is 0. The number of ether oxygens (including phenoxy) is 1. The van der Waals surface area contributed by atoms with E-state index in [0.29, 0.717) is 18.3 Å². The van der Waals surface area contributed by atoms with Gasteiger partial charge in [-0.1, -0.05) is 56.3 Å². The quantitative estimate of drug-likeness (QED) is 0.258. The number of alkyl carbamates (subject to hydrolysis) is 1. The van der Waals surface area contributed by atoms with E-state index >= 15 is 0 Å². The average Bonchev–Trinajstić information content (AvgIpc) is 2.97. The zero-order valence-corrected chi connectivity index (χ0v) is 23.1. The van der Waals surface area contributed by atoms with Gasteiger partial charge in [0.25, 0.3) is 0 Å². The summed E-state index contributed by atoms with van der Waals surface area (Å²) in [6, 6.07) is 15.2. The summed E-state index contributed by atoms with van der Waals surface area (Å²) in [6.45, 7) is 3.80. The normalized spacial score (nSPS) is 13.0. The van der Waals surface area contributed by atoms with Crippen LogP contribution in [0.4, 0.5) is 9.18 Å². The molecule has 0 bridgehead atoms. The van der Waals surface area contributed by atoms with Gasteiger partial charge >= 0.3 is 6.09 Å². The lowest BCUT2D eigenvalue weighted by molar-refractivity contribution is -0.131. The van der Waals surface area contributed by atoms with Gasteiger partial charge in [-0.05, 0) is 59.7 Å². The molecule has 0 spiro atoms. The molecule has 0 aliphatic rings. The van der Waals surface area contributed by atoms with Crippen molar-refractivity contribution in [2.75, 3.05) is 0 Å². The van der Waals surface area contributed by atoms with Gasteiger partial charge in [0.2, 0.25) is 11.8 Å². The molecule has 3 N–H and O–H groups in total. The molecule has 10 heteroatoms. The fraction of sp³-hybridized carbons (Fsp3) is 0.323. The van der Waals surface area contributed by atoms with Crippen molar-refractivity contribution in [3.05, 3.63) is 102 Å². The Bertz CT molecular complexity index is 1270. The number of aromatic nitrogens is 1. The molecule has 3 atom stereocenters. The molecule has 3 rings (SSSR count). The van der Waals surface area contributed by atoms with E-state index in [0.717, 1.165) is 11.1 Å². The van der Waals surface area contributed by atoms with Gasteiger partial charge in [0.1, 0.15) is 30.8 Å². The average molecular weight is 563 g/mol. The summed E-state index contributed by atoms with van der Waals surface area (Å²) in [4.78, 5) is 55.0. The van der Waals surface area contributed by atoms with Gasteiger partial charge in [0.05, 0.1) is 6.04 Å². The highest BCUT2D eigenvalue weighted by Gasteiger charge is 2.29. The Morgan fingerprint density at radius 2 is 1.44 bits per heavy atom.